The van der Waals surface area contributed by atoms with E-state index >= 15 is 0 Å². The molecular formula is C27H26O. The first-order chi connectivity index (χ1) is 13.8. The average Bonchev–Trinajstić information content (AvgIpc) is 2.77. The van der Waals surface area contributed by atoms with E-state index in [-0.39, 0.29) is 0 Å². The van der Waals surface area contributed by atoms with Crippen LogP contribution in [0.25, 0.3) is 17.2 Å². The molecule has 3 aromatic carbocycles. The Balaban J connectivity index is 2.11. The summed E-state index contributed by atoms with van der Waals surface area (Å²) in [5.41, 5.74) is 5.87. The Morgan fingerprint density at radius 3 is 1.82 bits per heavy atom. The van der Waals surface area contributed by atoms with Crippen LogP contribution >= 0.6 is 0 Å². The smallest absolute Gasteiger partial charge is 0.132 e. The molecule has 0 unspecified atom stereocenters. The molecule has 0 aliphatic heterocycles. The number of hydrogen-bond donors (Lipinski definition) is 0. The lowest BCUT2D eigenvalue weighted by Crippen LogP contribution is -1.98. The summed E-state index contributed by atoms with van der Waals surface area (Å²) in [6, 6.07) is 31.1. The fraction of sp³-hybridized carbons (Fsp3) is 0.148. The molecule has 0 spiro atoms. The van der Waals surface area contributed by atoms with Gasteiger partial charge in [-0.25, -0.2) is 0 Å². The summed E-state index contributed by atoms with van der Waals surface area (Å²) in [5.74, 6) is 0.299. The van der Waals surface area contributed by atoms with Crippen molar-refractivity contribution < 1.29 is 4.79 Å². The molecule has 0 atom stereocenters. The second kappa shape index (κ2) is 10.2. The van der Waals surface area contributed by atoms with Crippen LogP contribution in [0, 0.1) is 0 Å². The van der Waals surface area contributed by atoms with Gasteiger partial charge in [0, 0.05) is 12.8 Å². The zero-order chi connectivity index (χ0) is 19.6. The summed E-state index contributed by atoms with van der Waals surface area (Å²) in [4.78, 5) is 12.0. The highest BCUT2D eigenvalue weighted by atomic mass is 16.1. The van der Waals surface area contributed by atoms with E-state index in [0.717, 1.165) is 17.5 Å². The van der Waals surface area contributed by atoms with Gasteiger partial charge >= 0.3 is 0 Å². The van der Waals surface area contributed by atoms with Crippen LogP contribution in [-0.2, 0) is 4.79 Å². The molecule has 0 bridgehead atoms. The quantitative estimate of drug-likeness (QED) is 0.308. The van der Waals surface area contributed by atoms with Crippen molar-refractivity contribution in [1.82, 2.24) is 0 Å². The molecule has 0 aliphatic carbocycles. The standard InChI is InChI=1S/C27H26O/c1-2-25(28)19-21-27(24-16-10-5-11-17-24)26(23-14-8-4-9-15-23)20-18-22-12-6-3-7-13-22/h3-18,20H,2,19,21H2,1H3/b20-18+,27-26-. The van der Waals surface area contributed by atoms with Crippen molar-refractivity contribution >= 4 is 23.0 Å². The number of allylic oxidation sites excluding steroid dienone is 3. The first-order valence-corrected chi connectivity index (χ1v) is 9.86. The predicted molar refractivity (Wildman–Crippen MR) is 120 cm³/mol. The zero-order valence-corrected chi connectivity index (χ0v) is 16.3. The Morgan fingerprint density at radius 1 is 0.714 bits per heavy atom. The Hall–Kier alpha value is -3.19. The molecule has 0 fully saturated rings. The van der Waals surface area contributed by atoms with Crippen LogP contribution in [0.3, 0.4) is 0 Å². The van der Waals surface area contributed by atoms with Gasteiger partial charge in [0.2, 0.25) is 0 Å². The summed E-state index contributed by atoms with van der Waals surface area (Å²) in [5, 5.41) is 0. The Kier molecular flexibility index (Phi) is 7.14. The van der Waals surface area contributed by atoms with Gasteiger partial charge in [0.15, 0.2) is 0 Å². The third-order valence-electron chi connectivity index (χ3n) is 4.82. The van der Waals surface area contributed by atoms with Crippen molar-refractivity contribution in [2.45, 2.75) is 26.2 Å². The molecular weight excluding hydrogens is 340 g/mol. The van der Waals surface area contributed by atoms with Gasteiger partial charge in [0.1, 0.15) is 5.78 Å². The first kappa shape index (κ1) is 19.6. The molecule has 1 heteroatoms. The van der Waals surface area contributed by atoms with Gasteiger partial charge in [-0.15, -0.1) is 0 Å². The van der Waals surface area contributed by atoms with E-state index in [1.54, 1.807) is 0 Å². The highest BCUT2D eigenvalue weighted by Crippen LogP contribution is 2.32. The third-order valence-corrected chi connectivity index (χ3v) is 4.82. The molecule has 0 radical (unpaired) electrons. The van der Waals surface area contributed by atoms with Crippen molar-refractivity contribution in [3.8, 4) is 0 Å². The molecule has 0 saturated heterocycles. The van der Waals surface area contributed by atoms with Crippen LogP contribution in [0.4, 0.5) is 0 Å². The fourth-order valence-electron chi connectivity index (χ4n) is 3.25. The Bertz CT molecular complexity index is 935. The normalized spacial score (nSPS) is 12.0. The minimum Gasteiger partial charge on any atom is -0.300 e. The molecule has 0 heterocycles. The van der Waals surface area contributed by atoms with Crippen LogP contribution in [0.1, 0.15) is 42.9 Å². The van der Waals surface area contributed by atoms with Crippen molar-refractivity contribution in [2.75, 3.05) is 0 Å². The number of carbonyl (C=O) groups excluding carboxylic acids is 1. The van der Waals surface area contributed by atoms with Gasteiger partial charge in [-0.1, -0.05) is 110 Å². The van der Waals surface area contributed by atoms with E-state index in [9.17, 15) is 4.79 Å². The van der Waals surface area contributed by atoms with Crippen LogP contribution in [0.2, 0.25) is 0 Å². The molecule has 3 aromatic rings. The monoisotopic (exact) mass is 366 g/mol. The number of carbonyl (C=O) groups is 1. The van der Waals surface area contributed by atoms with E-state index in [2.05, 4.69) is 72.8 Å². The number of rotatable bonds is 8. The molecule has 1 nitrogen and oxygen atoms in total. The SMILES string of the molecule is CCC(=O)CC/C(=C(\C=C\c1ccccc1)c1ccccc1)c1ccccc1. The highest BCUT2D eigenvalue weighted by molar-refractivity contribution is 5.98. The van der Waals surface area contributed by atoms with Gasteiger partial charge in [-0.05, 0) is 34.3 Å². The van der Waals surface area contributed by atoms with Gasteiger partial charge in [0.05, 0.1) is 0 Å². The van der Waals surface area contributed by atoms with Gasteiger partial charge in [-0.3, -0.25) is 4.79 Å². The van der Waals surface area contributed by atoms with Crippen LogP contribution in [0.5, 0.6) is 0 Å². The first-order valence-electron chi connectivity index (χ1n) is 9.86. The molecule has 0 amide bonds. The summed E-state index contributed by atoms with van der Waals surface area (Å²) >= 11 is 0. The van der Waals surface area contributed by atoms with E-state index in [0.29, 0.717) is 18.6 Å². The number of Topliss-reactive ketones (excluding diaryl/α,β-unsaturated/α-hetero) is 1. The Labute approximate surface area is 168 Å². The Morgan fingerprint density at radius 2 is 1.25 bits per heavy atom. The summed E-state index contributed by atoms with van der Waals surface area (Å²) in [6.45, 7) is 1.93. The van der Waals surface area contributed by atoms with Gasteiger partial charge in [0.25, 0.3) is 0 Å². The van der Waals surface area contributed by atoms with E-state index in [1.165, 1.54) is 16.7 Å². The third kappa shape index (κ3) is 5.40. The molecule has 0 aliphatic rings. The molecule has 28 heavy (non-hydrogen) atoms. The number of hydrogen-bond acceptors (Lipinski definition) is 1. The maximum absolute atomic E-state index is 12.0. The largest absolute Gasteiger partial charge is 0.300 e. The van der Waals surface area contributed by atoms with Gasteiger partial charge < -0.3 is 0 Å². The summed E-state index contributed by atoms with van der Waals surface area (Å²) in [7, 11) is 0. The minimum atomic E-state index is 0.299. The number of benzene rings is 3. The molecule has 0 saturated carbocycles. The average molecular weight is 367 g/mol. The molecule has 140 valence electrons. The van der Waals surface area contributed by atoms with Crippen LogP contribution < -0.4 is 0 Å². The van der Waals surface area contributed by atoms with Crippen LogP contribution in [0.15, 0.2) is 97.1 Å². The van der Waals surface area contributed by atoms with Gasteiger partial charge in [-0.2, -0.15) is 0 Å². The number of ketones is 1. The molecule has 0 N–H and O–H groups in total. The van der Waals surface area contributed by atoms with Crippen molar-refractivity contribution in [3.05, 3.63) is 114 Å². The summed E-state index contributed by atoms with van der Waals surface area (Å²) in [6.07, 6.45) is 6.22. The zero-order valence-electron chi connectivity index (χ0n) is 16.3. The maximum atomic E-state index is 12.0. The van der Waals surface area contributed by atoms with Crippen molar-refractivity contribution in [2.24, 2.45) is 0 Å². The van der Waals surface area contributed by atoms with Crippen molar-refractivity contribution in [1.29, 1.82) is 0 Å². The maximum Gasteiger partial charge on any atom is 0.132 e. The summed E-state index contributed by atoms with van der Waals surface area (Å²) < 4.78 is 0. The molecule has 0 aromatic heterocycles. The van der Waals surface area contributed by atoms with E-state index < -0.39 is 0 Å². The molecule has 3 rings (SSSR count). The van der Waals surface area contributed by atoms with E-state index in [4.69, 9.17) is 0 Å². The minimum absolute atomic E-state index is 0.299. The van der Waals surface area contributed by atoms with E-state index in [1.807, 2.05) is 37.3 Å². The highest BCUT2D eigenvalue weighted by Gasteiger charge is 2.11. The lowest BCUT2D eigenvalue weighted by molar-refractivity contribution is -0.118. The fourth-order valence-corrected chi connectivity index (χ4v) is 3.25. The lowest BCUT2D eigenvalue weighted by atomic mass is 9.90. The van der Waals surface area contributed by atoms with Crippen molar-refractivity contribution in [3.63, 3.8) is 0 Å². The topological polar surface area (TPSA) is 17.1 Å². The lowest BCUT2D eigenvalue weighted by Gasteiger charge is -2.14. The van der Waals surface area contributed by atoms with Crippen LogP contribution in [-0.4, -0.2) is 5.78 Å². The predicted octanol–water partition coefficient (Wildman–Crippen LogP) is 7.07. The second-order valence-corrected chi connectivity index (χ2v) is 6.76. The second-order valence-electron chi connectivity index (χ2n) is 6.76.